The van der Waals surface area contributed by atoms with Crippen molar-refractivity contribution >= 4 is 23.2 Å². The van der Waals surface area contributed by atoms with Crippen molar-refractivity contribution in [2.24, 2.45) is 0 Å². The van der Waals surface area contributed by atoms with Crippen LogP contribution in [0, 0.1) is 0 Å². The van der Waals surface area contributed by atoms with Crippen molar-refractivity contribution in [3.63, 3.8) is 0 Å². The van der Waals surface area contributed by atoms with E-state index in [0.717, 1.165) is 24.7 Å². The minimum atomic E-state index is 0.604. The highest BCUT2D eigenvalue weighted by atomic mass is 35.5. The normalized spacial score (nSPS) is 14.8. The van der Waals surface area contributed by atoms with Crippen molar-refractivity contribution in [1.29, 1.82) is 0 Å². The van der Waals surface area contributed by atoms with Crippen molar-refractivity contribution < 1.29 is 0 Å². The molecule has 1 N–H and O–H groups in total. The lowest BCUT2D eigenvalue weighted by Gasteiger charge is -2.05. The number of hydrogen-bond acceptors (Lipinski definition) is 1. The summed E-state index contributed by atoms with van der Waals surface area (Å²) in [4.78, 5) is 0. The highest BCUT2D eigenvalue weighted by Gasteiger charge is 2.19. The molecule has 2 aromatic rings. The number of nitrogens with one attached hydrogen (secondary N) is 1. The number of hydrogen-bond donors (Lipinski definition) is 1. The van der Waals surface area contributed by atoms with Crippen LogP contribution in [-0.4, -0.2) is 10.6 Å². The molecule has 0 atom stereocenters. The number of rotatable bonds is 5. The topological polar surface area (TPSA) is 17.0 Å². The fourth-order valence-corrected chi connectivity index (χ4v) is 2.41. The maximum absolute atomic E-state index is 6.03. The van der Waals surface area contributed by atoms with Crippen LogP contribution in [0.25, 0.3) is 0 Å². The average Bonchev–Trinajstić information content (AvgIpc) is 3.12. The van der Waals surface area contributed by atoms with Gasteiger partial charge in [0.2, 0.25) is 0 Å². The van der Waals surface area contributed by atoms with Gasteiger partial charge in [-0.05, 0) is 42.2 Å². The molecule has 0 aliphatic heterocycles. The molecule has 1 heterocycles. The van der Waals surface area contributed by atoms with E-state index in [4.69, 9.17) is 23.2 Å². The fourth-order valence-electron chi connectivity index (χ4n) is 2.09. The number of nitrogens with zero attached hydrogens (tertiary/aromatic N) is 1. The van der Waals surface area contributed by atoms with Gasteiger partial charge in [0.25, 0.3) is 0 Å². The third kappa shape index (κ3) is 3.53. The van der Waals surface area contributed by atoms with Gasteiger partial charge in [-0.3, -0.25) is 0 Å². The summed E-state index contributed by atoms with van der Waals surface area (Å²) in [6, 6.07) is 8.69. The SMILES string of the molecule is Clc1ccc(Cn2ccc(CNC3CC3)c2)cc1Cl. The summed E-state index contributed by atoms with van der Waals surface area (Å²) in [6.07, 6.45) is 6.93. The molecule has 0 amide bonds. The molecule has 1 saturated carbocycles. The van der Waals surface area contributed by atoms with E-state index in [-0.39, 0.29) is 0 Å². The quantitative estimate of drug-likeness (QED) is 0.879. The predicted octanol–water partition coefficient (Wildman–Crippen LogP) is 4.10. The maximum Gasteiger partial charge on any atom is 0.0595 e. The van der Waals surface area contributed by atoms with Crippen LogP contribution in [0.5, 0.6) is 0 Å². The number of aromatic nitrogens is 1. The monoisotopic (exact) mass is 294 g/mol. The van der Waals surface area contributed by atoms with Gasteiger partial charge < -0.3 is 9.88 Å². The van der Waals surface area contributed by atoms with Crippen molar-refractivity contribution in [2.75, 3.05) is 0 Å². The molecule has 3 rings (SSSR count). The molecule has 1 aliphatic rings. The van der Waals surface area contributed by atoms with Crippen LogP contribution in [0.3, 0.4) is 0 Å². The Morgan fingerprint density at radius 1 is 1.11 bits per heavy atom. The molecular formula is C15H16Cl2N2. The van der Waals surface area contributed by atoms with E-state index in [9.17, 15) is 0 Å². The molecule has 0 bridgehead atoms. The Balaban J connectivity index is 1.63. The molecule has 4 heteroatoms. The van der Waals surface area contributed by atoms with Gasteiger partial charge in [-0.15, -0.1) is 0 Å². The van der Waals surface area contributed by atoms with Crippen LogP contribution >= 0.6 is 23.2 Å². The summed E-state index contributed by atoms with van der Waals surface area (Å²) in [7, 11) is 0. The van der Waals surface area contributed by atoms with Crippen molar-refractivity contribution in [1.82, 2.24) is 9.88 Å². The molecule has 2 nitrogen and oxygen atoms in total. The van der Waals surface area contributed by atoms with Crippen LogP contribution in [0.1, 0.15) is 24.0 Å². The van der Waals surface area contributed by atoms with Gasteiger partial charge in [0.05, 0.1) is 10.0 Å². The standard InChI is InChI=1S/C15H16Cl2N2/c16-14-4-1-11(7-15(14)17)9-19-6-5-12(10-19)8-18-13-2-3-13/h1,4-7,10,13,18H,2-3,8-9H2. The van der Waals surface area contributed by atoms with Crippen LogP contribution in [0.4, 0.5) is 0 Å². The van der Waals surface area contributed by atoms with Crippen molar-refractivity contribution in [3.05, 3.63) is 57.8 Å². The molecule has 100 valence electrons. The van der Waals surface area contributed by atoms with Gasteiger partial charge in [0.15, 0.2) is 0 Å². The van der Waals surface area contributed by atoms with E-state index in [1.54, 1.807) is 0 Å². The van der Waals surface area contributed by atoms with E-state index >= 15 is 0 Å². The lowest BCUT2D eigenvalue weighted by Crippen LogP contribution is -2.14. The smallest absolute Gasteiger partial charge is 0.0595 e. The minimum Gasteiger partial charge on any atom is -0.350 e. The minimum absolute atomic E-state index is 0.604. The Morgan fingerprint density at radius 2 is 1.95 bits per heavy atom. The van der Waals surface area contributed by atoms with E-state index in [1.807, 2.05) is 18.2 Å². The Hall–Kier alpha value is -0.960. The van der Waals surface area contributed by atoms with E-state index in [0.29, 0.717) is 10.0 Å². The van der Waals surface area contributed by atoms with Crippen LogP contribution in [-0.2, 0) is 13.1 Å². The van der Waals surface area contributed by atoms with Gasteiger partial charge in [0, 0.05) is 31.5 Å². The average molecular weight is 295 g/mol. The molecule has 0 radical (unpaired) electrons. The van der Waals surface area contributed by atoms with Crippen LogP contribution in [0.2, 0.25) is 10.0 Å². The van der Waals surface area contributed by atoms with Gasteiger partial charge in [-0.1, -0.05) is 29.3 Å². The fraction of sp³-hybridized carbons (Fsp3) is 0.333. The lowest BCUT2D eigenvalue weighted by atomic mass is 10.2. The first-order valence-corrected chi connectivity index (χ1v) is 7.28. The molecule has 1 fully saturated rings. The van der Waals surface area contributed by atoms with E-state index in [1.165, 1.54) is 18.4 Å². The molecule has 0 spiro atoms. The second-order valence-electron chi connectivity index (χ2n) is 5.10. The highest BCUT2D eigenvalue weighted by molar-refractivity contribution is 6.42. The zero-order valence-corrected chi connectivity index (χ0v) is 12.1. The summed E-state index contributed by atoms with van der Waals surface area (Å²) >= 11 is 11.9. The second-order valence-corrected chi connectivity index (χ2v) is 5.91. The number of benzene rings is 1. The maximum atomic E-state index is 6.03. The van der Waals surface area contributed by atoms with Gasteiger partial charge in [-0.2, -0.15) is 0 Å². The van der Waals surface area contributed by atoms with Gasteiger partial charge >= 0.3 is 0 Å². The van der Waals surface area contributed by atoms with E-state index < -0.39 is 0 Å². The summed E-state index contributed by atoms with van der Waals surface area (Å²) < 4.78 is 2.17. The first kappa shape index (κ1) is 13.0. The summed E-state index contributed by atoms with van der Waals surface area (Å²) in [5.74, 6) is 0. The largest absolute Gasteiger partial charge is 0.350 e. The third-order valence-corrected chi connectivity index (χ3v) is 4.07. The summed E-state index contributed by atoms with van der Waals surface area (Å²) in [5.41, 5.74) is 2.48. The van der Waals surface area contributed by atoms with Crippen molar-refractivity contribution in [2.45, 2.75) is 32.0 Å². The van der Waals surface area contributed by atoms with Gasteiger partial charge in [0.1, 0.15) is 0 Å². The Labute approximate surface area is 123 Å². The highest BCUT2D eigenvalue weighted by Crippen LogP contribution is 2.23. The Kier molecular flexibility index (Phi) is 3.83. The van der Waals surface area contributed by atoms with Crippen LogP contribution < -0.4 is 5.32 Å². The molecule has 1 aromatic heterocycles. The molecular weight excluding hydrogens is 279 g/mol. The van der Waals surface area contributed by atoms with Crippen LogP contribution in [0.15, 0.2) is 36.7 Å². The first-order valence-electron chi connectivity index (χ1n) is 6.53. The molecule has 0 saturated heterocycles. The Bertz CT molecular complexity index is 573. The molecule has 0 unspecified atom stereocenters. The summed E-state index contributed by atoms with van der Waals surface area (Å²) in [6.45, 7) is 1.78. The summed E-state index contributed by atoms with van der Waals surface area (Å²) in [5, 5.41) is 4.73. The van der Waals surface area contributed by atoms with E-state index in [2.05, 4.69) is 28.3 Å². The molecule has 1 aromatic carbocycles. The zero-order chi connectivity index (χ0) is 13.2. The van der Waals surface area contributed by atoms with Gasteiger partial charge in [-0.25, -0.2) is 0 Å². The predicted molar refractivity (Wildman–Crippen MR) is 79.9 cm³/mol. The Morgan fingerprint density at radius 3 is 2.68 bits per heavy atom. The number of halogens is 2. The lowest BCUT2D eigenvalue weighted by molar-refractivity contribution is 0.685. The van der Waals surface area contributed by atoms with Crippen molar-refractivity contribution in [3.8, 4) is 0 Å². The first-order chi connectivity index (χ1) is 9.20. The zero-order valence-electron chi connectivity index (χ0n) is 10.6. The third-order valence-electron chi connectivity index (χ3n) is 3.33. The second kappa shape index (κ2) is 5.58. The molecule has 1 aliphatic carbocycles. The molecule has 19 heavy (non-hydrogen) atoms.